The van der Waals surface area contributed by atoms with Crippen molar-refractivity contribution in [3.63, 3.8) is 0 Å². The smallest absolute Gasteiger partial charge is 0.337 e. The number of nitriles is 2. The van der Waals surface area contributed by atoms with Crippen LogP contribution in [0.4, 0.5) is 43.7 Å². The van der Waals surface area contributed by atoms with E-state index in [4.69, 9.17) is 27.9 Å². The summed E-state index contributed by atoms with van der Waals surface area (Å²) in [6.07, 6.45) is 0. The number of halogens is 1. The van der Waals surface area contributed by atoms with Crippen LogP contribution >= 0.6 is 15.9 Å². The predicted molar refractivity (Wildman–Crippen MR) is 254 cm³/mol. The molecule has 14 nitrogen and oxygen atoms in total. The summed E-state index contributed by atoms with van der Waals surface area (Å²) in [6.45, 7) is 18.5. The lowest BCUT2D eigenvalue weighted by atomic mass is 9.78. The number of rotatable bonds is 5. The monoisotopic (exact) mass is 950 g/mol. The second-order valence-corrected chi connectivity index (χ2v) is 17.1. The minimum atomic E-state index is -1.80. The van der Waals surface area contributed by atoms with Crippen LogP contribution in [-0.2, 0) is 20.0 Å². The number of hydrogen-bond acceptors (Lipinski definition) is 8. The fourth-order valence-corrected chi connectivity index (χ4v) is 8.75. The maximum absolute atomic E-state index is 14.0. The Labute approximate surface area is 395 Å². The molecule has 0 saturated carbocycles. The van der Waals surface area contributed by atoms with Gasteiger partial charge < -0.3 is 14.6 Å². The highest BCUT2D eigenvalue weighted by Crippen LogP contribution is 2.54. The van der Waals surface area contributed by atoms with Crippen molar-refractivity contribution in [3.8, 4) is 12.1 Å². The van der Waals surface area contributed by atoms with E-state index < -0.39 is 28.9 Å². The summed E-state index contributed by atoms with van der Waals surface area (Å²) in [5.41, 5.74) is 2.79. The second kappa shape index (κ2) is 18.4. The number of anilines is 4. The summed E-state index contributed by atoms with van der Waals surface area (Å²) < 4.78 is 11.8. The van der Waals surface area contributed by atoms with Crippen LogP contribution in [0.3, 0.4) is 0 Å². The second-order valence-electron chi connectivity index (χ2n) is 16.2. The molecule has 15 heteroatoms. The zero-order valence-electron chi connectivity index (χ0n) is 36.1. The maximum Gasteiger partial charge on any atom is 0.337 e. The SMILES string of the molecule is Cc1ccc(N2C(=O)N(c3ccc(C#N)cc3)C3(COC3)C2=O)cc1.[C-]#[N+]c1cccc(Br)c1.[C-]#[N+]c1cccc(C2(O)N(c3ccc(C)cc3)C(=O)N(c3ccc(C#N)cc3)C23COC3)c1. The molecular weight excluding hydrogens is 913 g/mol. The van der Waals surface area contributed by atoms with Crippen molar-refractivity contribution < 1.29 is 29.0 Å². The van der Waals surface area contributed by atoms with Crippen LogP contribution in [0.5, 0.6) is 0 Å². The molecule has 0 radical (unpaired) electrons. The van der Waals surface area contributed by atoms with Gasteiger partial charge in [0.1, 0.15) is 5.54 Å². The van der Waals surface area contributed by atoms with Gasteiger partial charge in [0.25, 0.3) is 5.91 Å². The van der Waals surface area contributed by atoms with Crippen LogP contribution in [0.1, 0.15) is 27.8 Å². The van der Waals surface area contributed by atoms with Gasteiger partial charge >= 0.3 is 12.1 Å². The summed E-state index contributed by atoms with van der Waals surface area (Å²) in [6, 6.07) is 45.3. The lowest BCUT2D eigenvalue weighted by Crippen LogP contribution is -2.70. The average molecular weight is 952 g/mol. The Hall–Kier alpha value is -8.15. The van der Waals surface area contributed by atoms with Crippen molar-refractivity contribution in [2.75, 3.05) is 46.0 Å². The number of nitrogens with zero attached hydrogens (tertiary/aromatic N) is 8. The molecule has 4 aliphatic rings. The summed E-state index contributed by atoms with van der Waals surface area (Å²) in [4.78, 5) is 52.5. The van der Waals surface area contributed by atoms with Crippen molar-refractivity contribution in [2.45, 2.75) is 30.7 Å². The molecule has 4 saturated heterocycles. The van der Waals surface area contributed by atoms with Crippen molar-refractivity contribution in [2.24, 2.45) is 0 Å². The third kappa shape index (κ3) is 7.93. The first-order valence-electron chi connectivity index (χ1n) is 20.8. The molecule has 4 fully saturated rings. The van der Waals surface area contributed by atoms with Gasteiger partial charge in [-0.15, -0.1) is 0 Å². The molecule has 1 atom stereocenters. The van der Waals surface area contributed by atoms with Crippen LogP contribution < -0.4 is 19.6 Å². The van der Waals surface area contributed by atoms with E-state index in [2.05, 4.69) is 31.7 Å². The summed E-state index contributed by atoms with van der Waals surface area (Å²) >= 11 is 3.26. The topological polar surface area (TPSA) is 159 Å². The first-order valence-corrected chi connectivity index (χ1v) is 21.6. The standard InChI is InChI=1S/C26H20N4O3.C19H15N3O3.C7H4BrN/c1-18-6-10-23(11-7-18)30-24(31)29(22-12-8-19(15-27)9-13-22)25(16-33-17-25)26(30,32)20-4-3-5-21(14-20)28-2;1-13-2-6-15(7-3-13)21-17(23)19(11-25-12-19)22(18(21)24)16-8-4-14(10-20)5-9-16;1-9-7-4-2-3-6(8)5-7/h3-14,32H,16-17H2,1H3;2-9H,11-12H2,1H3;2-5H. The lowest BCUT2D eigenvalue weighted by molar-refractivity contribution is -0.153. The van der Waals surface area contributed by atoms with E-state index in [1.807, 2.05) is 56.3 Å². The van der Waals surface area contributed by atoms with Crippen molar-refractivity contribution >= 4 is 68.0 Å². The van der Waals surface area contributed by atoms with Gasteiger partial charge in [-0.2, -0.15) is 10.5 Å². The first-order chi connectivity index (χ1) is 32.3. The molecule has 4 heterocycles. The Bertz CT molecular complexity index is 3060. The Morgan fingerprint density at radius 1 is 0.597 bits per heavy atom. The van der Waals surface area contributed by atoms with E-state index in [1.165, 1.54) is 14.7 Å². The number of urea groups is 2. The highest BCUT2D eigenvalue weighted by atomic mass is 79.9. The van der Waals surface area contributed by atoms with Crippen LogP contribution in [0.25, 0.3) is 9.69 Å². The van der Waals surface area contributed by atoms with Gasteiger partial charge in [0.15, 0.2) is 22.6 Å². The molecule has 0 aromatic heterocycles. The fraction of sp³-hybridized carbons (Fsp3) is 0.173. The van der Waals surface area contributed by atoms with Gasteiger partial charge in [0, 0.05) is 21.5 Å². The number of aryl methyl sites for hydroxylation is 2. The lowest BCUT2D eigenvalue weighted by Gasteiger charge is -2.51. The number of aliphatic hydroxyl groups is 1. The summed E-state index contributed by atoms with van der Waals surface area (Å²) in [7, 11) is 0. The number of imide groups is 1. The molecule has 0 bridgehead atoms. The number of hydrogen-bond donors (Lipinski definition) is 1. The zero-order valence-corrected chi connectivity index (χ0v) is 37.7. The molecule has 10 rings (SSSR count). The van der Waals surface area contributed by atoms with Crippen LogP contribution in [0, 0.1) is 49.7 Å². The molecule has 1 unspecified atom stereocenters. The Morgan fingerprint density at radius 3 is 1.51 bits per heavy atom. The van der Waals surface area contributed by atoms with E-state index in [1.54, 1.807) is 114 Å². The number of ether oxygens (including phenoxy) is 2. The van der Waals surface area contributed by atoms with Crippen molar-refractivity contribution in [1.82, 2.24) is 0 Å². The third-order valence-electron chi connectivity index (χ3n) is 12.0. The van der Waals surface area contributed by atoms with E-state index in [0.717, 1.165) is 15.6 Å². The highest BCUT2D eigenvalue weighted by molar-refractivity contribution is 9.10. The summed E-state index contributed by atoms with van der Waals surface area (Å²) in [5, 5.41) is 30.6. The normalized spacial score (nSPS) is 18.3. The van der Waals surface area contributed by atoms with E-state index in [0.29, 0.717) is 50.8 Å². The summed E-state index contributed by atoms with van der Waals surface area (Å²) in [5.74, 6) is -0.281. The van der Waals surface area contributed by atoms with Gasteiger partial charge in [-0.25, -0.2) is 24.2 Å². The largest absolute Gasteiger partial charge is 0.376 e. The van der Waals surface area contributed by atoms with E-state index >= 15 is 0 Å². The Morgan fingerprint density at radius 2 is 1.06 bits per heavy atom. The van der Waals surface area contributed by atoms with Crippen molar-refractivity contribution in [1.29, 1.82) is 10.5 Å². The van der Waals surface area contributed by atoms with E-state index in [9.17, 15) is 24.8 Å². The maximum atomic E-state index is 14.0. The first kappa shape index (κ1) is 45.4. The molecular formula is C52H39BrN8O6. The van der Waals surface area contributed by atoms with Gasteiger partial charge in [-0.1, -0.05) is 87.7 Å². The van der Waals surface area contributed by atoms with Crippen molar-refractivity contribution in [3.05, 3.63) is 201 Å². The number of carbonyl (C=O) groups is 3. The molecule has 2 spiro atoms. The van der Waals surface area contributed by atoms with Crippen LogP contribution in [0.15, 0.2) is 150 Å². The minimum Gasteiger partial charge on any atom is -0.376 e. The Kier molecular flexibility index (Phi) is 12.5. The molecule has 6 aromatic rings. The number of carbonyl (C=O) groups excluding carboxylic acids is 3. The molecule has 1 N–H and O–H groups in total. The number of amides is 5. The predicted octanol–water partition coefficient (Wildman–Crippen LogP) is 10.1. The van der Waals surface area contributed by atoms with Gasteiger partial charge in [0.05, 0.1) is 68.5 Å². The third-order valence-corrected chi connectivity index (χ3v) is 12.5. The quantitative estimate of drug-likeness (QED) is 0.132. The van der Waals surface area contributed by atoms with Gasteiger partial charge in [-0.3, -0.25) is 19.5 Å². The molecule has 6 aromatic carbocycles. The highest BCUT2D eigenvalue weighted by Gasteiger charge is 2.72. The van der Waals surface area contributed by atoms with E-state index in [-0.39, 0.29) is 32.3 Å². The fourth-order valence-electron chi connectivity index (χ4n) is 8.37. The molecule has 330 valence electrons. The average Bonchev–Trinajstić information content (AvgIpc) is 3.70. The molecule has 5 amide bonds. The van der Waals surface area contributed by atoms with Crippen LogP contribution in [-0.4, -0.2) is 60.6 Å². The molecule has 0 aliphatic carbocycles. The van der Waals surface area contributed by atoms with Gasteiger partial charge in [0.2, 0.25) is 0 Å². The zero-order chi connectivity index (χ0) is 47.5. The van der Waals surface area contributed by atoms with Gasteiger partial charge in [-0.05, 0) is 104 Å². The molecule has 67 heavy (non-hydrogen) atoms. The Balaban J connectivity index is 0.000000157. The number of benzene rings is 6. The van der Waals surface area contributed by atoms with Crippen LogP contribution in [0.2, 0.25) is 0 Å². The minimum absolute atomic E-state index is 0.111. The molecule has 4 aliphatic heterocycles.